The van der Waals surface area contributed by atoms with Crippen molar-refractivity contribution in [1.82, 2.24) is 19.5 Å². The Morgan fingerprint density at radius 1 is 1.22 bits per heavy atom. The van der Waals surface area contributed by atoms with Gasteiger partial charge < -0.3 is 4.90 Å². The SMILES string of the molecule is CN(C(=O)c1ccc2nc(C(C)(C)C)cn2n1)C1CCCCC1. The minimum absolute atomic E-state index is 0.00445. The maximum absolute atomic E-state index is 12.7. The summed E-state index contributed by atoms with van der Waals surface area (Å²) in [6.07, 6.45) is 7.84. The Balaban J connectivity index is 1.85. The van der Waals surface area contributed by atoms with Crippen LogP contribution in [0.2, 0.25) is 0 Å². The Bertz CT molecular complexity index is 707. The molecule has 0 bridgehead atoms. The summed E-state index contributed by atoms with van der Waals surface area (Å²) in [5.41, 5.74) is 2.22. The molecule has 1 amide bonds. The molecule has 0 radical (unpaired) electrons. The summed E-state index contributed by atoms with van der Waals surface area (Å²) >= 11 is 0. The lowest BCUT2D eigenvalue weighted by atomic mass is 9.93. The van der Waals surface area contributed by atoms with Crippen LogP contribution in [-0.4, -0.2) is 38.5 Å². The minimum Gasteiger partial charge on any atom is -0.337 e. The van der Waals surface area contributed by atoms with Crippen LogP contribution in [0.5, 0.6) is 0 Å². The van der Waals surface area contributed by atoms with Gasteiger partial charge in [0.25, 0.3) is 5.91 Å². The number of amides is 1. The van der Waals surface area contributed by atoms with Gasteiger partial charge in [-0.15, -0.1) is 0 Å². The number of fused-ring (bicyclic) bond motifs is 1. The van der Waals surface area contributed by atoms with Crippen LogP contribution in [0.1, 0.15) is 69.1 Å². The lowest BCUT2D eigenvalue weighted by Crippen LogP contribution is -2.38. The van der Waals surface area contributed by atoms with Gasteiger partial charge in [-0.05, 0) is 25.0 Å². The number of nitrogens with zero attached hydrogens (tertiary/aromatic N) is 4. The molecule has 23 heavy (non-hydrogen) atoms. The van der Waals surface area contributed by atoms with E-state index in [1.54, 1.807) is 10.6 Å². The van der Waals surface area contributed by atoms with Crippen LogP contribution in [0, 0.1) is 0 Å². The predicted molar refractivity (Wildman–Crippen MR) is 90.7 cm³/mol. The molecule has 5 heteroatoms. The van der Waals surface area contributed by atoms with Crippen molar-refractivity contribution in [3.63, 3.8) is 0 Å². The molecule has 0 aliphatic heterocycles. The highest BCUT2D eigenvalue weighted by Crippen LogP contribution is 2.23. The lowest BCUT2D eigenvalue weighted by molar-refractivity contribution is 0.0688. The summed E-state index contributed by atoms with van der Waals surface area (Å²) in [7, 11) is 1.90. The average Bonchev–Trinajstić information content (AvgIpc) is 2.97. The fourth-order valence-electron chi connectivity index (χ4n) is 3.17. The first-order valence-electron chi connectivity index (χ1n) is 8.50. The van der Waals surface area contributed by atoms with Gasteiger partial charge in [0.2, 0.25) is 0 Å². The number of rotatable bonds is 2. The van der Waals surface area contributed by atoms with Crippen LogP contribution in [0.3, 0.4) is 0 Å². The van der Waals surface area contributed by atoms with Crippen LogP contribution >= 0.6 is 0 Å². The van der Waals surface area contributed by atoms with Crippen LogP contribution in [0.25, 0.3) is 5.65 Å². The molecule has 1 aliphatic rings. The van der Waals surface area contributed by atoms with E-state index < -0.39 is 0 Å². The van der Waals surface area contributed by atoms with E-state index in [0.29, 0.717) is 11.7 Å². The number of hydrogen-bond donors (Lipinski definition) is 0. The number of carbonyl (C=O) groups is 1. The molecular formula is C18H26N4O. The van der Waals surface area contributed by atoms with E-state index in [-0.39, 0.29) is 11.3 Å². The van der Waals surface area contributed by atoms with Gasteiger partial charge in [-0.3, -0.25) is 4.79 Å². The Labute approximate surface area is 137 Å². The summed E-state index contributed by atoms with van der Waals surface area (Å²) in [6.45, 7) is 6.37. The van der Waals surface area contributed by atoms with E-state index in [2.05, 4.69) is 30.9 Å². The molecule has 0 atom stereocenters. The minimum atomic E-state index is -0.0310. The smallest absolute Gasteiger partial charge is 0.274 e. The van der Waals surface area contributed by atoms with Gasteiger partial charge in [0, 0.05) is 18.5 Å². The molecular weight excluding hydrogens is 288 g/mol. The van der Waals surface area contributed by atoms with Crippen LogP contribution in [0.4, 0.5) is 0 Å². The molecule has 2 aromatic rings. The molecule has 124 valence electrons. The molecule has 1 aliphatic carbocycles. The largest absolute Gasteiger partial charge is 0.337 e. The van der Waals surface area contributed by atoms with E-state index in [1.165, 1.54) is 19.3 Å². The number of hydrogen-bond acceptors (Lipinski definition) is 3. The van der Waals surface area contributed by atoms with Gasteiger partial charge in [0.05, 0.1) is 11.9 Å². The molecule has 0 aromatic carbocycles. The van der Waals surface area contributed by atoms with Crippen molar-refractivity contribution < 1.29 is 4.79 Å². The molecule has 3 rings (SSSR count). The molecule has 0 spiro atoms. The fourth-order valence-corrected chi connectivity index (χ4v) is 3.17. The predicted octanol–water partition coefficient (Wildman–Crippen LogP) is 3.43. The monoisotopic (exact) mass is 314 g/mol. The van der Waals surface area contributed by atoms with E-state index in [1.807, 2.05) is 24.2 Å². The fraction of sp³-hybridized carbons (Fsp3) is 0.611. The van der Waals surface area contributed by atoms with Crippen LogP contribution < -0.4 is 0 Å². The standard InChI is InChI=1S/C18H26N4O/c1-18(2,3)15-12-22-16(19-15)11-10-14(20-22)17(23)21(4)13-8-6-5-7-9-13/h10-13H,5-9H2,1-4H3. The third-order valence-corrected chi connectivity index (χ3v) is 4.75. The normalized spacial score (nSPS) is 16.7. The van der Waals surface area contributed by atoms with E-state index in [0.717, 1.165) is 24.2 Å². The van der Waals surface area contributed by atoms with E-state index >= 15 is 0 Å². The maximum atomic E-state index is 12.7. The molecule has 0 saturated heterocycles. The van der Waals surface area contributed by atoms with E-state index in [9.17, 15) is 4.79 Å². The van der Waals surface area contributed by atoms with Crippen molar-refractivity contribution in [2.75, 3.05) is 7.05 Å². The van der Waals surface area contributed by atoms with Gasteiger partial charge in [0.1, 0.15) is 5.69 Å². The third kappa shape index (κ3) is 3.23. The maximum Gasteiger partial charge on any atom is 0.274 e. The van der Waals surface area contributed by atoms with Crippen molar-refractivity contribution in [3.8, 4) is 0 Å². The highest BCUT2D eigenvalue weighted by Gasteiger charge is 2.24. The number of imidazole rings is 1. The van der Waals surface area contributed by atoms with Crippen molar-refractivity contribution in [2.24, 2.45) is 0 Å². The zero-order valence-electron chi connectivity index (χ0n) is 14.5. The van der Waals surface area contributed by atoms with Gasteiger partial charge in [-0.1, -0.05) is 40.0 Å². The van der Waals surface area contributed by atoms with Gasteiger partial charge >= 0.3 is 0 Å². The first-order valence-corrected chi connectivity index (χ1v) is 8.50. The Morgan fingerprint density at radius 3 is 2.57 bits per heavy atom. The quantitative estimate of drug-likeness (QED) is 0.853. The Morgan fingerprint density at radius 2 is 1.91 bits per heavy atom. The van der Waals surface area contributed by atoms with Gasteiger partial charge in [0.15, 0.2) is 5.65 Å². The van der Waals surface area contributed by atoms with Crippen molar-refractivity contribution in [2.45, 2.75) is 64.3 Å². The Hall–Kier alpha value is -1.91. The van der Waals surface area contributed by atoms with Gasteiger partial charge in [-0.25, -0.2) is 9.50 Å². The number of aromatic nitrogens is 3. The third-order valence-electron chi connectivity index (χ3n) is 4.75. The second kappa shape index (κ2) is 5.95. The first kappa shape index (κ1) is 16.0. The summed E-state index contributed by atoms with van der Waals surface area (Å²) in [5.74, 6) is 0.00445. The molecule has 5 nitrogen and oxygen atoms in total. The summed E-state index contributed by atoms with van der Waals surface area (Å²) < 4.78 is 1.72. The Kier molecular flexibility index (Phi) is 4.13. The zero-order chi connectivity index (χ0) is 16.6. The zero-order valence-corrected chi connectivity index (χ0v) is 14.5. The summed E-state index contributed by atoms with van der Waals surface area (Å²) in [6, 6.07) is 4.02. The van der Waals surface area contributed by atoms with Gasteiger partial charge in [-0.2, -0.15) is 5.10 Å². The topological polar surface area (TPSA) is 50.5 Å². The molecule has 1 saturated carbocycles. The highest BCUT2D eigenvalue weighted by atomic mass is 16.2. The van der Waals surface area contributed by atoms with Crippen molar-refractivity contribution in [3.05, 3.63) is 29.7 Å². The van der Waals surface area contributed by atoms with Crippen LogP contribution in [0.15, 0.2) is 18.3 Å². The van der Waals surface area contributed by atoms with E-state index in [4.69, 9.17) is 0 Å². The molecule has 2 heterocycles. The highest BCUT2D eigenvalue weighted by molar-refractivity contribution is 5.92. The molecule has 0 N–H and O–H groups in total. The molecule has 2 aromatic heterocycles. The average molecular weight is 314 g/mol. The molecule has 0 unspecified atom stereocenters. The van der Waals surface area contributed by atoms with Crippen molar-refractivity contribution in [1.29, 1.82) is 0 Å². The summed E-state index contributed by atoms with van der Waals surface area (Å²) in [5, 5.41) is 4.49. The summed E-state index contributed by atoms with van der Waals surface area (Å²) in [4.78, 5) is 19.2. The molecule has 1 fully saturated rings. The van der Waals surface area contributed by atoms with Crippen molar-refractivity contribution >= 4 is 11.6 Å². The second-order valence-electron chi connectivity index (χ2n) is 7.61. The second-order valence-corrected chi connectivity index (χ2v) is 7.61. The van der Waals surface area contributed by atoms with Crippen LogP contribution in [-0.2, 0) is 5.41 Å². The number of carbonyl (C=O) groups excluding carboxylic acids is 1. The lowest BCUT2D eigenvalue weighted by Gasteiger charge is -2.30. The first-order chi connectivity index (χ1) is 10.9.